The zero-order valence-electron chi connectivity index (χ0n) is 13.7. The van der Waals surface area contributed by atoms with E-state index in [2.05, 4.69) is 36.0 Å². The summed E-state index contributed by atoms with van der Waals surface area (Å²) in [4.78, 5) is 6.95. The van der Waals surface area contributed by atoms with Crippen molar-refractivity contribution in [2.45, 2.75) is 58.0 Å². The van der Waals surface area contributed by atoms with Gasteiger partial charge in [-0.3, -0.25) is 9.88 Å². The molecule has 2 rings (SSSR count). The Kier molecular flexibility index (Phi) is 5.59. The molecule has 1 atom stereocenters. The molecule has 1 aliphatic rings. The van der Waals surface area contributed by atoms with Gasteiger partial charge in [0.05, 0.1) is 6.04 Å². The van der Waals surface area contributed by atoms with Crippen molar-refractivity contribution in [2.75, 3.05) is 25.4 Å². The molecule has 0 saturated heterocycles. The predicted octanol–water partition coefficient (Wildman–Crippen LogP) is 2.97. The minimum absolute atomic E-state index is 0.177. The van der Waals surface area contributed by atoms with E-state index < -0.39 is 0 Å². The molecular weight excluding hydrogens is 260 g/mol. The number of nitrogens with one attached hydrogen (secondary N) is 1. The van der Waals surface area contributed by atoms with Crippen LogP contribution in [0.1, 0.15) is 58.1 Å². The van der Waals surface area contributed by atoms with E-state index in [0.29, 0.717) is 0 Å². The van der Waals surface area contributed by atoms with Crippen molar-refractivity contribution in [3.05, 3.63) is 24.0 Å². The Balaban J connectivity index is 2.45. The van der Waals surface area contributed by atoms with Crippen LogP contribution in [-0.2, 0) is 0 Å². The van der Waals surface area contributed by atoms with Crippen LogP contribution in [0.2, 0.25) is 0 Å². The lowest BCUT2D eigenvalue weighted by atomic mass is 9.81. The summed E-state index contributed by atoms with van der Waals surface area (Å²) >= 11 is 0. The van der Waals surface area contributed by atoms with Crippen LogP contribution in [0.4, 0.5) is 5.69 Å². The van der Waals surface area contributed by atoms with Crippen LogP contribution in [0.5, 0.6) is 0 Å². The van der Waals surface area contributed by atoms with E-state index in [1.807, 2.05) is 12.3 Å². The summed E-state index contributed by atoms with van der Waals surface area (Å²) < 4.78 is 0. The van der Waals surface area contributed by atoms with Gasteiger partial charge in [0.2, 0.25) is 0 Å². The van der Waals surface area contributed by atoms with Gasteiger partial charge in [0, 0.05) is 29.2 Å². The van der Waals surface area contributed by atoms with E-state index in [1.165, 1.54) is 25.7 Å². The zero-order valence-corrected chi connectivity index (χ0v) is 13.7. The number of aromatic nitrogens is 1. The molecule has 1 aliphatic carbocycles. The average Bonchev–Trinajstić information content (AvgIpc) is 2.97. The first-order chi connectivity index (χ1) is 10.2. The van der Waals surface area contributed by atoms with Gasteiger partial charge in [-0.2, -0.15) is 0 Å². The van der Waals surface area contributed by atoms with Gasteiger partial charge in [0.1, 0.15) is 0 Å². The number of hydrogen-bond donors (Lipinski definition) is 2. The number of likely N-dealkylation sites (N-methyl/N-ethyl adjacent to an activating group) is 2. The highest BCUT2D eigenvalue weighted by atomic mass is 15.2. The molecule has 4 nitrogen and oxygen atoms in total. The fourth-order valence-corrected chi connectivity index (χ4v) is 4.08. The lowest BCUT2D eigenvalue weighted by molar-refractivity contribution is 0.0633. The van der Waals surface area contributed by atoms with E-state index in [9.17, 15) is 0 Å². The van der Waals surface area contributed by atoms with E-state index in [1.54, 1.807) is 6.20 Å². The fourth-order valence-electron chi connectivity index (χ4n) is 4.08. The van der Waals surface area contributed by atoms with Gasteiger partial charge in [-0.25, -0.2) is 0 Å². The van der Waals surface area contributed by atoms with Crippen LogP contribution in [0.3, 0.4) is 0 Å². The SMILES string of the molecule is CCNC(c1cnccc1N)C1(N(CC)CC)CCCC1. The Morgan fingerprint density at radius 2 is 1.95 bits per heavy atom. The quantitative estimate of drug-likeness (QED) is 0.810. The van der Waals surface area contributed by atoms with E-state index in [-0.39, 0.29) is 11.6 Å². The Morgan fingerprint density at radius 3 is 2.48 bits per heavy atom. The Hall–Kier alpha value is -1.13. The maximum Gasteiger partial charge on any atom is 0.0543 e. The van der Waals surface area contributed by atoms with Gasteiger partial charge in [-0.1, -0.05) is 33.6 Å². The van der Waals surface area contributed by atoms with E-state index >= 15 is 0 Å². The minimum atomic E-state index is 0.177. The highest BCUT2D eigenvalue weighted by molar-refractivity contribution is 5.47. The van der Waals surface area contributed by atoms with Crippen LogP contribution in [0, 0.1) is 0 Å². The van der Waals surface area contributed by atoms with Gasteiger partial charge < -0.3 is 11.1 Å². The van der Waals surface area contributed by atoms with Crippen molar-refractivity contribution in [3.63, 3.8) is 0 Å². The van der Waals surface area contributed by atoms with Crippen LogP contribution in [0.25, 0.3) is 0 Å². The van der Waals surface area contributed by atoms with Crippen LogP contribution in [0.15, 0.2) is 18.5 Å². The number of pyridine rings is 1. The van der Waals surface area contributed by atoms with Crippen molar-refractivity contribution in [1.82, 2.24) is 15.2 Å². The van der Waals surface area contributed by atoms with Gasteiger partial charge >= 0.3 is 0 Å². The van der Waals surface area contributed by atoms with Crippen molar-refractivity contribution >= 4 is 5.69 Å². The molecule has 0 aliphatic heterocycles. The molecule has 0 radical (unpaired) electrons. The summed E-state index contributed by atoms with van der Waals surface area (Å²) in [6, 6.07) is 2.18. The smallest absolute Gasteiger partial charge is 0.0543 e. The molecule has 0 bridgehead atoms. The Bertz CT molecular complexity index is 436. The molecule has 1 saturated carbocycles. The van der Waals surface area contributed by atoms with Crippen LogP contribution < -0.4 is 11.1 Å². The predicted molar refractivity (Wildman–Crippen MR) is 89.2 cm³/mol. The van der Waals surface area contributed by atoms with E-state index in [4.69, 9.17) is 5.73 Å². The van der Waals surface area contributed by atoms with Crippen molar-refractivity contribution in [3.8, 4) is 0 Å². The van der Waals surface area contributed by atoms with Gasteiger partial charge in [0.15, 0.2) is 0 Å². The molecule has 1 unspecified atom stereocenters. The lowest BCUT2D eigenvalue weighted by Gasteiger charge is -2.47. The first-order valence-corrected chi connectivity index (χ1v) is 8.37. The molecule has 1 heterocycles. The number of anilines is 1. The lowest BCUT2D eigenvalue weighted by Crippen LogP contribution is -2.55. The number of rotatable bonds is 7. The van der Waals surface area contributed by atoms with Gasteiger partial charge in [0.25, 0.3) is 0 Å². The van der Waals surface area contributed by atoms with E-state index in [0.717, 1.165) is 30.9 Å². The topological polar surface area (TPSA) is 54.2 Å². The third-order valence-corrected chi connectivity index (χ3v) is 5.01. The third kappa shape index (κ3) is 3.06. The number of nitrogens with two attached hydrogens (primary N) is 1. The minimum Gasteiger partial charge on any atom is -0.398 e. The highest BCUT2D eigenvalue weighted by Gasteiger charge is 2.45. The Morgan fingerprint density at radius 1 is 1.29 bits per heavy atom. The van der Waals surface area contributed by atoms with Crippen molar-refractivity contribution < 1.29 is 0 Å². The summed E-state index contributed by atoms with van der Waals surface area (Å²) in [6.07, 6.45) is 8.81. The largest absolute Gasteiger partial charge is 0.398 e. The highest BCUT2D eigenvalue weighted by Crippen LogP contribution is 2.45. The molecule has 3 N–H and O–H groups in total. The standard InChI is InChI=1S/C17H30N4/c1-4-20-16(14-13-19-12-9-15(14)18)17(10-7-8-11-17)21(5-2)6-3/h9,12-13,16,20H,4-8,10-11H2,1-3H3,(H2,18,19). The molecule has 4 heteroatoms. The normalized spacial score (nSPS) is 19.0. The molecule has 0 amide bonds. The first kappa shape index (κ1) is 16.2. The van der Waals surface area contributed by atoms with Crippen molar-refractivity contribution in [2.24, 2.45) is 0 Å². The first-order valence-electron chi connectivity index (χ1n) is 8.37. The summed E-state index contributed by atoms with van der Waals surface area (Å²) in [5.74, 6) is 0. The molecule has 118 valence electrons. The Labute approximate surface area is 129 Å². The fraction of sp³-hybridized carbons (Fsp3) is 0.706. The summed E-state index contributed by atoms with van der Waals surface area (Å²) in [5.41, 5.74) is 8.46. The molecule has 1 aromatic heterocycles. The average molecular weight is 290 g/mol. The van der Waals surface area contributed by atoms with Crippen LogP contribution in [-0.4, -0.2) is 35.1 Å². The molecule has 1 aromatic rings. The molecule has 21 heavy (non-hydrogen) atoms. The number of hydrogen-bond acceptors (Lipinski definition) is 4. The second kappa shape index (κ2) is 7.23. The number of nitrogens with zero attached hydrogens (tertiary/aromatic N) is 2. The number of nitrogen functional groups attached to an aromatic ring is 1. The van der Waals surface area contributed by atoms with Gasteiger partial charge in [-0.05, 0) is 38.5 Å². The molecule has 0 aromatic carbocycles. The van der Waals surface area contributed by atoms with Crippen LogP contribution >= 0.6 is 0 Å². The monoisotopic (exact) mass is 290 g/mol. The molecule has 1 fully saturated rings. The second-order valence-corrected chi connectivity index (χ2v) is 5.98. The zero-order chi connectivity index (χ0) is 15.3. The molecule has 0 spiro atoms. The van der Waals surface area contributed by atoms with Crippen molar-refractivity contribution in [1.29, 1.82) is 0 Å². The van der Waals surface area contributed by atoms with Gasteiger partial charge in [-0.15, -0.1) is 0 Å². The molecular formula is C17H30N4. The summed E-state index contributed by atoms with van der Waals surface area (Å²) in [7, 11) is 0. The maximum absolute atomic E-state index is 6.26. The third-order valence-electron chi connectivity index (χ3n) is 5.01. The summed E-state index contributed by atoms with van der Waals surface area (Å²) in [5, 5.41) is 3.71. The second-order valence-electron chi connectivity index (χ2n) is 5.98. The summed E-state index contributed by atoms with van der Waals surface area (Å²) in [6.45, 7) is 9.81. The maximum atomic E-state index is 6.26.